The molecule has 9 heteroatoms. The minimum absolute atomic E-state index is 0.0604. The molecule has 0 radical (unpaired) electrons. The van der Waals surface area contributed by atoms with Crippen LogP contribution in [-0.4, -0.2) is 26.3 Å². The summed E-state index contributed by atoms with van der Waals surface area (Å²) in [6.07, 6.45) is 0. The summed E-state index contributed by atoms with van der Waals surface area (Å²) in [6.45, 7) is 3.38. The number of amides is 1. The topological polar surface area (TPSA) is 102 Å². The van der Waals surface area contributed by atoms with Crippen LogP contribution in [0.3, 0.4) is 0 Å². The number of carbonyl (C=O) groups excluding carboxylic acids is 2. The molecule has 0 saturated heterocycles. The number of hydrogen-bond donors (Lipinski definition) is 2. The second kappa shape index (κ2) is 9.95. The van der Waals surface area contributed by atoms with Gasteiger partial charge in [0.05, 0.1) is 15.5 Å². The Kier molecular flexibility index (Phi) is 7.29. The lowest BCUT2D eigenvalue weighted by atomic mass is 10.2. The third kappa shape index (κ3) is 5.94. The van der Waals surface area contributed by atoms with Gasteiger partial charge in [-0.1, -0.05) is 29.8 Å². The van der Waals surface area contributed by atoms with Gasteiger partial charge in [0.15, 0.2) is 0 Å². The minimum Gasteiger partial charge on any atom is -0.423 e. The lowest BCUT2D eigenvalue weighted by Crippen LogP contribution is -2.30. The van der Waals surface area contributed by atoms with Crippen molar-refractivity contribution in [3.05, 3.63) is 88.9 Å². The molecule has 0 aliphatic rings. The van der Waals surface area contributed by atoms with Gasteiger partial charge in [-0.25, -0.2) is 17.9 Å². The van der Waals surface area contributed by atoms with Gasteiger partial charge in [-0.15, -0.1) is 0 Å². The van der Waals surface area contributed by atoms with Crippen LogP contribution in [0.1, 0.15) is 34.6 Å². The highest BCUT2D eigenvalue weighted by atomic mass is 35.5. The van der Waals surface area contributed by atoms with Crippen LogP contribution in [0, 0.1) is 0 Å². The number of carbonyl (C=O) groups is 2. The SMILES string of the molecule is CC(C)NS(=O)(=O)c1ccc(Cl)c(C(=O)Oc2ccc(NC(=O)c3ccccc3)cc2)c1. The molecule has 0 atom stereocenters. The van der Waals surface area contributed by atoms with Crippen molar-refractivity contribution in [3.63, 3.8) is 0 Å². The van der Waals surface area contributed by atoms with Gasteiger partial charge in [-0.05, 0) is 68.4 Å². The Bertz CT molecular complexity index is 1230. The monoisotopic (exact) mass is 472 g/mol. The van der Waals surface area contributed by atoms with E-state index >= 15 is 0 Å². The molecule has 1 amide bonds. The fraction of sp³-hybridized carbons (Fsp3) is 0.130. The maximum Gasteiger partial charge on any atom is 0.345 e. The summed E-state index contributed by atoms with van der Waals surface area (Å²) < 4.78 is 32.5. The molecule has 0 bridgehead atoms. The zero-order valence-corrected chi connectivity index (χ0v) is 18.9. The van der Waals surface area contributed by atoms with E-state index in [0.29, 0.717) is 11.3 Å². The number of nitrogens with one attached hydrogen (secondary N) is 2. The average Bonchev–Trinajstić information content (AvgIpc) is 2.75. The third-order valence-electron chi connectivity index (χ3n) is 4.22. The normalized spacial score (nSPS) is 11.2. The number of sulfonamides is 1. The van der Waals surface area contributed by atoms with Crippen molar-refractivity contribution >= 4 is 39.2 Å². The fourth-order valence-corrected chi connectivity index (χ4v) is 4.24. The van der Waals surface area contributed by atoms with E-state index in [-0.39, 0.29) is 33.2 Å². The summed E-state index contributed by atoms with van der Waals surface area (Å²) in [4.78, 5) is 24.7. The maximum atomic E-state index is 12.6. The summed E-state index contributed by atoms with van der Waals surface area (Å²) in [5.41, 5.74) is 0.948. The molecule has 0 saturated carbocycles. The van der Waals surface area contributed by atoms with Crippen LogP contribution in [-0.2, 0) is 10.0 Å². The molecule has 3 aromatic rings. The van der Waals surface area contributed by atoms with E-state index < -0.39 is 16.0 Å². The van der Waals surface area contributed by atoms with Gasteiger partial charge in [0.1, 0.15) is 5.75 Å². The Labute approximate surface area is 191 Å². The van der Waals surface area contributed by atoms with Gasteiger partial charge in [0.25, 0.3) is 5.91 Å². The van der Waals surface area contributed by atoms with Crippen molar-refractivity contribution in [2.24, 2.45) is 0 Å². The van der Waals surface area contributed by atoms with Crippen molar-refractivity contribution in [1.29, 1.82) is 0 Å². The van der Waals surface area contributed by atoms with E-state index in [2.05, 4.69) is 10.0 Å². The largest absolute Gasteiger partial charge is 0.423 e. The number of anilines is 1. The molecule has 0 aromatic heterocycles. The number of hydrogen-bond acceptors (Lipinski definition) is 5. The first-order valence-electron chi connectivity index (χ1n) is 9.66. The predicted octanol–water partition coefficient (Wildman–Crippen LogP) is 4.50. The van der Waals surface area contributed by atoms with E-state index in [1.807, 2.05) is 6.07 Å². The first kappa shape index (κ1) is 23.5. The van der Waals surface area contributed by atoms with Crippen molar-refractivity contribution in [2.45, 2.75) is 24.8 Å². The van der Waals surface area contributed by atoms with E-state index in [9.17, 15) is 18.0 Å². The third-order valence-corrected chi connectivity index (χ3v) is 6.20. The molecule has 166 valence electrons. The van der Waals surface area contributed by atoms with Crippen LogP contribution >= 0.6 is 11.6 Å². The minimum atomic E-state index is -3.80. The lowest BCUT2D eigenvalue weighted by molar-refractivity contribution is 0.0734. The summed E-state index contributed by atoms with van der Waals surface area (Å²) in [5, 5.41) is 2.81. The van der Waals surface area contributed by atoms with Crippen LogP contribution in [0.2, 0.25) is 5.02 Å². The molecule has 0 aliphatic carbocycles. The molecule has 2 N–H and O–H groups in total. The maximum absolute atomic E-state index is 12.6. The molecule has 0 heterocycles. The number of rotatable bonds is 7. The Morgan fingerprint density at radius 3 is 2.22 bits per heavy atom. The van der Waals surface area contributed by atoms with Crippen LogP contribution in [0.15, 0.2) is 77.7 Å². The van der Waals surface area contributed by atoms with Crippen molar-refractivity contribution in [2.75, 3.05) is 5.32 Å². The Balaban J connectivity index is 1.72. The van der Waals surface area contributed by atoms with Gasteiger partial charge in [-0.3, -0.25) is 4.79 Å². The van der Waals surface area contributed by atoms with Crippen LogP contribution in [0.4, 0.5) is 5.69 Å². The molecule has 0 fully saturated rings. The summed E-state index contributed by atoms with van der Waals surface area (Å²) >= 11 is 6.09. The number of halogens is 1. The highest BCUT2D eigenvalue weighted by Gasteiger charge is 2.20. The van der Waals surface area contributed by atoms with Gasteiger partial charge < -0.3 is 10.1 Å². The van der Waals surface area contributed by atoms with E-state index in [1.54, 1.807) is 50.2 Å². The number of benzene rings is 3. The molecule has 0 aliphatic heterocycles. The zero-order chi connectivity index (χ0) is 23.3. The van der Waals surface area contributed by atoms with Crippen molar-refractivity contribution < 1.29 is 22.7 Å². The average molecular weight is 473 g/mol. The second-order valence-corrected chi connectivity index (χ2v) is 9.27. The Hall–Kier alpha value is -3.20. The molecule has 0 unspecified atom stereocenters. The quantitative estimate of drug-likeness (QED) is 0.389. The molecular weight excluding hydrogens is 452 g/mol. The molecule has 3 aromatic carbocycles. The van der Waals surface area contributed by atoms with E-state index in [0.717, 1.165) is 0 Å². The predicted molar refractivity (Wildman–Crippen MR) is 123 cm³/mol. The molecule has 0 spiro atoms. The smallest absolute Gasteiger partial charge is 0.345 e. The summed E-state index contributed by atoms with van der Waals surface area (Å²) in [5.74, 6) is -0.870. The first-order valence-corrected chi connectivity index (χ1v) is 11.5. The highest BCUT2D eigenvalue weighted by molar-refractivity contribution is 7.89. The fourth-order valence-electron chi connectivity index (χ4n) is 2.77. The number of ether oxygens (including phenoxy) is 1. The van der Waals surface area contributed by atoms with E-state index in [1.165, 1.54) is 30.3 Å². The van der Waals surface area contributed by atoms with E-state index in [4.69, 9.17) is 16.3 Å². The van der Waals surface area contributed by atoms with Crippen LogP contribution < -0.4 is 14.8 Å². The number of esters is 1. The Morgan fingerprint density at radius 1 is 0.938 bits per heavy atom. The molecule has 3 rings (SSSR count). The molecule has 32 heavy (non-hydrogen) atoms. The first-order chi connectivity index (χ1) is 15.2. The summed E-state index contributed by atoms with van der Waals surface area (Å²) in [7, 11) is -3.80. The molecular formula is C23H21ClN2O5S. The van der Waals surface area contributed by atoms with Crippen molar-refractivity contribution in [3.8, 4) is 5.75 Å². The molecule has 7 nitrogen and oxygen atoms in total. The van der Waals surface area contributed by atoms with Crippen LogP contribution in [0.5, 0.6) is 5.75 Å². The Morgan fingerprint density at radius 2 is 1.59 bits per heavy atom. The second-order valence-electron chi connectivity index (χ2n) is 7.15. The van der Waals surface area contributed by atoms with Crippen LogP contribution in [0.25, 0.3) is 0 Å². The zero-order valence-electron chi connectivity index (χ0n) is 17.3. The van der Waals surface area contributed by atoms with Gasteiger partial charge in [0.2, 0.25) is 10.0 Å². The highest BCUT2D eigenvalue weighted by Crippen LogP contribution is 2.24. The van der Waals surface area contributed by atoms with Gasteiger partial charge >= 0.3 is 5.97 Å². The summed E-state index contributed by atoms with van der Waals surface area (Å²) in [6, 6.07) is 18.4. The van der Waals surface area contributed by atoms with Gasteiger partial charge in [0, 0.05) is 17.3 Å². The standard InChI is InChI=1S/C23H21ClN2O5S/c1-15(2)26-32(29,30)19-12-13-21(24)20(14-19)23(28)31-18-10-8-17(9-11-18)25-22(27)16-6-4-3-5-7-16/h3-15,26H,1-2H3,(H,25,27). The lowest BCUT2D eigenvalue weighted by Gasteiger charge is -2.12. The van der Waals surface area contributed by atoms with Crippen molar-refractivity contribution in [1.82, 2.24) is 4.72 Å². The van der Waals surface area contributed by atoms with Gasteiger partial charge in [-0.2, -0.15) is 0 Å².